The van der Waals surface area contributed by atoms with Crippen LogP contribution in [0, 0.1) is 5.82 Å². The van der Waals surface area contributed by atoms with Crippen molar-refractivity contribution in [1.82, 2.24) is 4.72 Å². The van der Waals surface area contributed by atoms with Gasteiger partial charge >= 0.3 is 0 Å². The largest absolute Gasteiger partial charge is 0.455 e. The van der Waals surface area contributed by atoms with E-state index in [4.69, 9.17) is 4.74 Å². The monoisotopic (exact) mass is 414 g/mol. The molecule has 0 fully saturated rings. The summed E-state index contributed by atoms with van der Waals surface area (Å²) in [6.45, 7) is 1.41. The van der Waals surface area contributed by atoms with Gasteiger partial charge in [0, 0.05) is 0 Å². The van der Waals surface area contributed by atoms with Crippen LogP contribution in [0.5, 0.6) is 11.5 Å². The van der Waals surface area contributed by atoms with E-state index >= 15 is 0 Å². The Hall–Kier alpha value is -3.23. The maximum atomic E-state index is 13.0. The van der Waals surface area contributed by atoms with Crippen LogP contribution in [0.2, 0.25) is 0 Å². The molecule has 3 rings (SSSR count). The summed E-state index contributed by atoms with van der Waals surface area (Å²) in [6, 6.07) is 19.1. The zero-order valence-corrected chi connectivity index (χ0v) is 16.3. The molecule has 6 nitrogen and oxygen atoms in total. The lowest BCUT2D eigenvalue weighted by Crippen LogP contribution is -2.41. The van der Waals surface area contributed by atoms with Gasteiger partial charge in [0.1, 0.15) is 11.6 Å². The normalized spacial score (nSPS) is 12.2. The van der Waals surface area contributed by atoms with Gasteiger partial charge in [-0.05, 0) is 55.5 Å². The molecular formula is C21H19FN2O4S. The fourth-order valence-corrected chi connectivity index (χ4v) is 3.69. The highest BCUT2D eigenvalue weighted by Gasteiger charge is 2.23. The van der Waals surface area contributed by atoms with E-state index in [-0.39, 0.29) is 4.90 Å². The highest BCUT2D eigenvalue weighted by molar-refractivity contribution is 7.89. The van der Waals surface area contributed by atoms with Crippen molar-refractivity contribution in [2.75, 3.05) is 5.32 Å². The molecule has 0 aliphatic heterocycles. The third-order valence-corrected chi connectivity index (χ3v) is 5.52. The van der Waals surface area contributed by atoms with E-state index in [1.54, 1.807) is 36.4 Å². The molecule has 3 aromatic rings. The van der Waals surface area contributed by atoms with Gasteiger partial charge in [-0.3, -0.25) is 4.79 Å². The van der Waals surface area contributed by atoms with Crippen LogP contribution in [-0.2, 0) is 14.8 Å². The van der Waals surface area contributed by atoms with Crippen molar-refractivity contribution in [2.45, 2.75) is 17.9 Å². The number of rotatable bonds is 7. The van der Waals surface area contributed by atoms with Crippen LogP contribution in [0.3, 0.4) is 0 Å². The van der Waals surface area contributed by atoms with Gasteiger partial charge in [0.2, 0.25) is 15.9 Å². The Morgan fingerprint density at radius 3 is 2.24 bits per heavy atom. The Kier molecular flexibility index (Phi) is 6.26. The van der Waals surface area contributed by atoms with E-state index in [1.165, 1.54) is 6.92 Å². The minimum atomic E-state index is -3.98. The molecule has 1 amide bonds. The third kappa shape index (κ3) is 5.40. The first-order valence-corrected chi connectivity index (χ1v) is 10.2. The lowest BCUT2D eigenvalue weighted by molar-refractivity contribution is -0.117. The molecule has 1 atom stereocenters. The number of anilines is 1. The first-order valence-electron chi connectivity index (χ1n) is 8.76. The van der Waals surface area contributed by atoms with E-state index in [9.17, 15) is 17.6 Å². The predicted molar refractivity (Wildman–Crippen MR) is 108 cm³/mol. The van der Waals surface area contributed by atoms with Crippen LogP contribution < -0.4 is 14.8 Å². The van der Waals surface area contributed by atoms with E-state index in [0.717, 1.165) is 24.3 Å². The second-order valence-corrected chi connectivity index (χ2v) is 7.91. The molecule has 8 heteroatoms. The molecule has 0 aliphatic carbocycles. The molecule has 29 heavy (non-hydrogen) atoms. The molecule has 0 unspecified atom stereocenters. The Balaban J connectivity index is 1.71. The number of ether oxygens (including phenoxy) is 1. The SMILES string of the molecule is C[C@@H](NS(=O)(=O)c1ccc(F)cc1)C(=O)Nc1ccccc1Oc1ccccc1. The number of para-hydroxylation sites is 3. The number of sulfonamides is 1. The maximum Gasteiger partial charge on any atom is 0.242 e. The van der Waals surface area contributed by atoms with Gasteiger partial charge in [0.05, 0.1) is 16.6 Å². The number of carbonyl (C=O) groups excluding carboxylic acids is 1. The number of carbonyl (C=O) groups is 1. The molecule has 0 heterocycles. The van der Waals surface area contributed by atoms with Gasteiger partial charge in [-0.15, -0.1) is 0 Å². The van der Waals surface area contributed by atoms with E-state index in [2.05, 4.69) is 10.0 Å². The van der Waals surface area contributed by atoms with Crippen LogP contribution in [-0.4, -0.2) is 20.4 Å². The predicted octanol–water partition coefficient (Wildman–Crippen LogP) is 3.92. The van der Waals surface area contributed by atoms with Gasteiger partial charge in [0.25, 0.3) is 0 Å². The zero-order valence-electron chi connectivity index (χ0n) is 15.5. The summed E-state index contributed by atoms with van der Waals surface area (Å²) in [5, 5.41) is 2.66. The highest BCUT2D eigenvalue weighted by atomic mass is 32.2. The summed E-state index contributed by atoms with van der Waals surface area (Å²) >= 11 is 0. The molecular weight excluding hydrogens is 395 g/mol. The topological polar surface area (TPSA) is 84.5 Å². The summed E-state index contributed by atoms with van der Waals surface area (Å²) in [6.07, 6.45) is 0. The van der Waals surface area contributed by atoms with E-state index < -0.39 is 27.8 Å². The smallest absolute Gasteiger partial charge is 0.242 e. The minimum absolute atomic E-state index is 0.133. The van der Waals surface area contributed by atoms with Crippen LogP contribution >= 0.6 is 0 Å². The summed E-state index contributed by atoms with van der Waals surface area (Å²) in [5.41, 5.74) is 0.397. The molecule has 0 saturated heterocycles. The lowest BCUT2D eigenvalue weighted by Gasteiger charge is -2.16. The van der Waals surface area contributed by atoms with E-state index in [0.29, 0.717) is 17.2 Å². The van der Waals surface area contributed by atoms with Crippen molar-refractivity contribution in [3.63, 3.8) is 0 Å². The first-order chi connectivity index (χ1) is 13.8. The Bertz CT molecular complexity index is 1090. The molecule has 0 radical (unpaired) electrons. The van der Waals surface area contributed by atoms with Crippen molar-refractivity contribution in [1.29, 1.82) is 0 Å². The van der Waals surface area contributed by atoms with Gasteiger partial charge in [-0.25, -0.2) is 12.8 Å². The number of nitrogens with one attached hydrogen (secondary N) is 2. The van der Waals surface area contributed by atoms with Crippen LogP contribution in [0.4, 0.5) is 10.1 Å². The molecule has 0 spiro atoms. The van der Waals surface area contributed by atoms with Crippen LogP contribution in [0.1, 0.15) is 6.92 Å². The number of benzene rings is 3. The summed E-state index contributed by atoms with van der Waals surface area (Å²) < 4.78 is 45.8. The number of halogens is 1. The number of hydrogen-bond donors (Lipinski definition) is 2. The minimum Gasteiger partial charge on any atom is -0.455 e. The standard InChI is InChI=1S/C21H19FN2O4S/c1-15(24-29(26,27)18-13-11-16(22)12-14-18)21(25)23-19-9-5-6-10-20(19)28-17-7-3-2-4-8-17/h2-15,24H,1H3,(H,23,25)/t15-/m1/s1. The van der Waals surface area contributed by atoms with E-state index in [1.807, 2.05) is 18.2 Å². The molecule has 150 valence electrons. The quantitative estimate of drug-likeness (QED) is 0.614. The number of hydrogen-bond acceptors (Lipinski definition) is 4. The molecule has 0 aromatic heterocycles. The molecule has 2 N–H and O–H groups in total. The molecule has 0 saturated carbocycles. The Labute approximate surface area is 168 Å². The summed E-state index contributed by atoms with van der Waals surface area (Å²) in [5.74, 6) is -0.107. The fourth-order valence-electron chi connectivity index (χ4n) is 2.48. The summed E-state index contributed by atoms with van der Waals surface area (Å²) in [7, 11) is -3.98. The summed E-state index contributed by atoms with van der Waals surface area (Å²) in [4.78, 5) is 12.4. The van der Waals surface area contributed by atoms with Crippen molar-refractivity contribution < 1.29 is 22.3 Å². The average molecular weight is 414 g/mol. The maximum absolute atomic E-state index is 13.0. The number of amides is 1. The molecule has 3 aromatic carbocycles. The van der Waals surface area contributed by atoms with Crippen molar-refractivity contribution in [3.8, 4) is 11.5 Å². The van der Waals surface area contributed by atoms with Crippen LogP contribution in [0.25, 0.3) is 0 Å². The molecule has 0 bridgehead atoms. The lowest BCUT2D eigenvalue weighted by atomic mass is 10.2. The van der Waals surface area contributed by atoms with Gasteiger partial charge in [-0.1, -0.05) is 30.3 Å². The second-order valence-electron chi connectivity index (χ2n) is 6.20. The van der Waals surface area contributed by atoms with Gasteiger partial charge in [0.15, 0.2) is 5.75 Å². The Morgan fingerprint density at radius 2 is 1.55 bits per heavy atom. The fraction of sp³-hybridized carbons (Fsp3) is 0.0952. The van der Waals surface area contributed by atoms with Crippen molar-refractivity contribution in [3.05, 3.63) is 84.7 Å². The average Bonchev–Trinajstić information content (AvgIpc) is 2.70. The van der Waals surface area contributed by atoms with Crippen molar-refractivity contribution >= 4 is 21.6 Å². The molecule has 0 aliphatic rings. The highest BCUT2D eigenvalue weighted by Crippen LogP contribution is 2.29. The van der Waals surface area contributed by atoms with Crippen molar-refractivity contribution in [2.24, 2.45) is 0 Å². The first kappa shape index (κ1) is 20.5. The van der Waals surface area contributed by atoms with Crippen LogP contribution in [0.15, 0.2) is 83.8 Å². The second kappa shape index (κ2) is 8.85. The van der Waals surface area contributed by atoms with Gasteiger partial charge < -0.3 is 10.1 Å². The zero-order chi connectivity index (χ0) is 20.9. The van der Waals surface area contributed by atoms with Gasteiger partial charge in [-0.2, -0.15) is 4.72 Å². The Morgan fingerprint density at radius 1 is 0.931 bits per heavy atom. The third-order valence-electron chi connectivity index (χ3n) is 3.97.